The third-order valence-corrected chi connectivity index (χ3v) is 5.71. The molecule has 3 heterocycles. The Hall–Kier alpha value is -3.08. The monoisotopic (exact) mass is 359 g/mol. The van der Waals surface area contributed by atoms with Crippen molar-refractivity contribution in [3.05, 3.63) is 53.4 Å². The van der Waals surface area contributed by atoms with Crippen LogP contribution in [0, 0.1) is 5.92 Å². The van der Waals surface area contributed by atoms with Crippen molar-refractivity contribution >= 4 is 29.6 Å². The number of rotatable bonds is 2. The van der Waals surface area contributed by atoms with Gasteiger partial charge in [-0.2, -0.15) is 0 Å². The van der Waals surface area contributed by atoms with Crippen molar-refractivity contribution in [2.24, 2.45) is 13.0 Å². The van der Waals surface area contributed by atoms with Crippen molar-refractivity contribution in [2.75, 3.05) is 24.2 Å². The van der Waals surface area contributed by atoms with Crippen LogP contribution in [0.5, 0.6) is 0 Å². The number of fused-ring (bicyclic) bond motifs is 2. The van der Waals surface area contributed by atoms with Gasteiger partial charge in [0, 0.05) is 37.2 Å². The molecular formula is C22H23N4O+. The third-order valence-electron chi connectivity index (χ3n) is 5.71. The Morgan fingerprint density at radius 3 is 2.96 bits per heavy atom. The largest absolute Gasteiger partial charge is 0.382 e. The Morgan fingerprint density at radius 2 is 2.15 bits per heavy atom. The van der Waals surface area contributed by atoms with Gasteiger partial charge in [0.05, 0.1) is 22.6 Å². The quantitative estimate of drug-likeness (QED) is 0.809. The Labute approximate surface area is 158 Å². The molecule has 0 fully saturated rings. The van der Waals surface area contributed by atoms with Gasteiger partial charge in [-0.05, 0) is 24.1 Å². The van der Waals surface area contributed by atoms with Crippen LogP contribution in [0.4, 0.5) is 11.4 Å². The number of carbonyl (C=O) groups is 1. The molecule has 1 amide bonds. The van der Waals surface area contributed by atoms with Gasteiger partial charge in [0.1, 0.15) is 7.05 Å². The summed E-state index contributed by atoms with van der Waals surface area (Å²) in [5.74, 6) is 0.505. The highest BCUT2D eigenvalue weighted by molar-refractivity contribution is 5.99. The van der Waals surface area contributed by atoms with E-state index in [0.29, 0.717) is 18.9 Å². The van der Waals surface area contributed by atoms with Crippen LogP contribution >= 0.6 is 0 Å². The summed E-state index contributed by atoms with van der Waals surface area (Å²) in [5.41, 5.74) is 8.21. The molecule has 3 aliphatic rings. The minimum Gasteiger partial charge on any atom is -0.382 e. The van der Waals surface area contributed by atoms with Gasteiger partial charge in [0.2, 0.25) is 5.91 Å². The van der Waals surface area contributed by atoms with Crippen LogP contribution in [0.3, 0.4) is 0 Å². The Balaban J connectivity index is 1.54. The number of carbonyl (C=O) groups excluding carboxylic acids is 1. The molecule has 27 heavy (non-hydrogen) atoms. The van der Waals surface area contributed by atoms with E-state index >= 15 is 0 Å². The van der Waals surface area contributed by atoms with Crippen molar-refractivity contribution in [3.8, 4) is 11.3 Å². The zero-order valence-electron chi connectivity index (χ0n) is 15.6. The molecule has 0 saturated heterocycles. The number of nitrogens with zero attached hydrogens (tertiary/aromatic N) is 2. The van der Waals surface area contributed by atoms with E-state index in [1.807, 2.05) is 12.1 Å². The molecule has 1 atom stereocenters. The molecule has 1 aromatic heterocycles. The summed E-state index contributed by atoms with van der Waals surface area (Å²) >= 11 is 0. The number of para-hydroxylation sites is 1. The lowest BCUT2D eigenvalue weighted by Crippen LogP contribution is -2.21. The molecule has 5 rings (SSSR count). The van der Waals surface area contributed by atoms with Crippen LogP contribution in [-0.4, -0.2) is 34.9 Å². The first-order valence-corrected chi connectivity index (χ1v) is 9.42. The van der Waals surface area contributed by atoms with Crippen LogP contribution in [0.1, 0.15) is 17.7 Å². The fourth-order valence-corrected chi connectivity index (χ4v) is 4.27. The first-order chi connectivity index (χ1) is 13.1. The molecule has 0 spiro atoms. The zero-order chi connectivity index (χ0) is 18.5. The number of benzene rings is 1. The van der Waals surface area contributed by atoms with E-state index in [4.69, 9.17) is 0 Å². The first kappa shape index (κ1) is 16.1. The second-order valence-corrected chi connectivity index (χ2v) is 7.54. The molecule has 0 saturated carbocycles. The number of nitrogens with one attached hydrogen (secondary N) is 2. The smallest absolute Gasteiger partial charge is 0.226 e. The number of hydrogen-bond donors (Lipinski definition) is 2. The van der Waals surface area contributed by atoms with Gasteiger partial charge in [-0.3, -0.25) is 4.79 Å². The molecule has 1 unspecified atom stereocenters. The molecule has 2 aliphatic heterocycles. The maximum absolute atomic E-state index is 11.9. The predicted molar refractivity (Wildman–Crippen MR) is 109 cm³/mol. The predicted octanol–water partition coefficient (Wildman–Crippen LogP) is 3.24. The van der Waals surface area contributed by atoms with E-state index in [-0.39, 0.29) is 5.91 Å². The summed E-state index contributed by atoms with van der Waals surface area (Å²) in [4.78, 5) is 11.9. The van der Waals surface area contributed by atoms with Crippen LogP contribution in [0.15, 0.2) is 42.1 Å². The van der Waals surface area contributed by atoms with Crippen molar-refractivity contribution < 1.29 is 9.37 Å². The standard InChI is InChI=1S/C22H22N4O/c1-25-12-16(13-25)14-6-7-15-11-20(26(2)19(15)10-14)17-4-3-5-18-22(17)23-9-8-21(27)24-18/h3-7,11-14,23H,8-10H2,1-2H3/p+1. The highest BCUT2D eigenvalue weighted by atomic mass is 16.1. The van der Waals surface area contributed by atoms with Gasteiger partial charge in [-0.1, -0.05) is 24.3 Å². The second-order valence-electron chi connectivity index (χ2n) is 7.54. The number of amides is 1. The van der Waals surface area contributed by atoms with E-state index in [0.717, 1.165) is 23.4 Å². The number of aromatic nitrogens is 1. The Kier molecular flexibility index (Phi) is 3.57. The van der Waals surface area contributed by atoms with Gasteiger partial charge in [-0.15, -0.1) is 0 Å². The number of anilines is 2. The molecule has 1 aliphatic carbocycles. The zero-order valence-corrected chi connectivity index (χ0v) is 15.6. The molecular weight excluding hydrogens is 336 g/mol. The SMILES string of the molecule is Cn1c(-c2cccc3c2NCCC(=O)N3)cc2c1CC(C1=C[N+](C)=C1)C=C2. The summed E-state index contributed by atoms with van der Waals surface area (Å²) in [6, 6.07) is 8.36. The molecule has 136 valence electrons. The fraction of sp³-hybridized carbons (Fsp3) is 0.273. The lowest BCUT2D eigenvalue weighted by atomic mass is 9.87. The summed E-state index contributed by atoms with van der Waals surface area (Å²) in [5, 5.41) is 6.46. The summed E-state index contributed by atoms with van der Waals surface area (Å²) in [7, 11) is 4.21. The van der Waals surface area contributed by atoms with E-state index < -0.39 is 0 Å². The number of allylic oxidation sites excluding steroid dienone is 2. The van der Waals surface area contributed by atoms with Gasteiger partial charge in [0.25, 0.3) is 0 Å². The van der Waals surface area contributed by atoms with Crippen molar-refractivity contribution in [2.45, 2.75) is 12.8 Å². The van der Waals surface area contributed by atoms with Crippen LogP contribution in [0.25, 0.3) is 17.3 Å². The third kappa shape index (κ3) is 2.62. The molecule has 5 heteroatoms. The van der Waals surface area contributed by atoms with Gasteiger partial charge < -0.3 is 15.2 Å². The van der Waals surface area contributed by atoms with Crippen molar-refractivity contribution in [1.82, 2.24) is 4.57 Å². The van der Waals surface area contributed by atoms with E-state index in [1.165, 1.54) is 22.5 Å². The maximum atomic E-state index is 11.9. The maximum Gasteiger partial charge on any atom is 0.226 e. The average molecular weight is 359 g/mol. The number of hydrogen-bond acceptors (Lipinski definition) is 2. The van der Waals surface area contributed by atoms with Gasteiger partial charge in [0.15, 0.2) is 12.4 Å². The minimum absolute atomic E-state index is 0.0605. The second kappa shape index (κ2) is 5.98. The Bertz CT molecular complexity index is 1050. The molecule has 2 N–H and O–H groups in total. The van der Waals surface area contributed by atoms with E-state index in [1.54, 1.807) is 0 Å². The summed E-state index contributed by atoms with van der Waals surface area (Å²) in [6.45, 7) is 0.652. The van der Waals surface area contributed by atoms with Crippen molar-refractivity contribution in [3.63, 3.8) is 0 Å². The molecule has 0 radical (unpaired) electrons. The Morgan fingerprint density at radius 1 is 1.30 bits per heavy atom. The lowest BCUT2D eigenvalue weighted by molar-refractivity contribution is -0.429. The van der Waals surface area contributed by atoms with Crippen LogP contribution < -0.4 is 10.6 Å². The summed E-state index contributed by atoms with van der Waals surface area (Å²) in [6.07, 6.45) is 10.5. The topological polar surface area (TPSA) is 49.1 Å². The molecule has 0 bridgehead atoms. The fourth-order valence-electron chi connectivity index (χ4n) is 4.27. The van der Waals surface area contributed by atoms with Crippen LogP contribution in [-0.2, 0) is 18.3 Å². The molecule has 2 aromatic rings. The normalized spacial score (nSPS) is 20.4. The van der Waals surface area contributed by atoms with Crippen molar-refractivity contribution in [1.29, 1.82) is 0 Å². The van der Waals surface area contributed by atoms with E-state index in [9.17, 15) is 4.79 Å². The van der Waals surface area contributed by atoms with Gasteiger partial charge in [-0.25, -0.2) is 4.58 Å². The van der Waals surface area contributed by atoms with Gasteiger partial charge >= 0.3 is 0 Å². The van der Waals surface area contributed by atoms with E-state index in [2.05, 4.69) is 70.6 Å². The highest BCUT2D eigenvalue weighted by Gasteiger charge is 2.27. The average Bonchev–Trinajstić information content (AvgIpc) is 2.83. The highest BCUT2D eigenvalue weighted by Crippen LogP contribution is 2.39. The molecule has 1 aromatic carbocycles. The lowest BCUT2D eigenvalue weighted by Gasteiger charge is -2.20. The minimum atomic E-state index is 0.0605. The first-order valence-electron chi connectivity index (χ1n) is 9.42. The van der Waals surface area contributed by atoms with Crippen LogP contribution in [0.2, 0.25) is 0 Å². The summed E-state index contributed by atoms with van der Waals surface area (Å²) < 4.78 is 4.41. The molecule has 5 nitrogen and oxygen atoms in total.